The van der Waals surface area contributed by atoms with Crippen molar-refractivity contribution in [2.24, 2.45) is 0 Å². The third-order valence-electron chi connectivity index (χ3n) is 5.36. The van der Waals surface area contributed by atoms with Crippen LogP contribution >= 0.6 is 0 Å². The van der Waals surface area contributed by atoms with Crippen LogP contribution in [0.25, 0.3) is 0 Å². The fourth-order valence-corrected chi connectivity index (χ4v) is 5.34. The summed E-state index contributed by atoms with van der Waals surface area (Å²) in [5.41, 5.74) is 1.09. The fourth-order valence-electron chi connectivity index (χ4n) is 3.57. The molecule has 0 atom stereocenters. The molecule has 1 aliphatic rings. The zero-order valence-corrected chi connectivity index (χ0v) is 19.7. The number of amides is 1. The number of hydrogen-bond acceptors (Lipinski definition) is 7. The summed E-state index contributed by atoms with van der Waals surface area (Å²) in [7, 11) is -0.932. The van der Waals surface area contributed by atoms with Gasteiger partial charge >= 0.3 is 5.97 Å². The second kappa shape index (κ2) is 10.7. The van der Waals surface area contributed by atoms with Crippen LogP contribution in [0.2, 0.25) is 0 Å². The van der Waals surface area contributed by atoms with Crippen molar-refractivity contribution in [2.75, 3.05) is 39.2 Å². The van der Waals surface area contributed by atoms with Gasteiger partial charge in [-0.2, -0.15) is 4.31 Å². The number of esters is 1. The maximum atomic E-state index is 13.1. The molecule has 33 heavy (non-hydrogen) atoms. The van der Waals surface area contributed by atoms with Crippen molar-refractivity contribution in [1.82, 2.24) is 4.31 Å². The van der Waals surface area contributed by atoms with Crippen molar-refractivity contribution < 1.29 is 32.2 Å². The number of ether oxygens (including phenoxy) is 3. The molecule has 0 unspecified atom stereocenters. The summed E-state index contributed by atoms with van der Waals surface area (Å²) in [6.45, 7) is 2.31. The Hall–Kier alpha value is -3.11. The van der Waals surface area contributed by atoms with E-state index in [0.717, 1.165) is 19.3 Å². The summed E-state index contributed by atoms with van der Waals surface area (Å²) < 4.78 is 43.1. The number of aryl methyl sites for hydroxylation is 1. The summed E-state index contributed by atoms with van der Waals surface area (Å²) in [6.07, 6.45) is 2.69. The minimum absolute atomic E-state index is 0.133. The number of sulfonamides is 1. The van der Waals surface area contributed by atoms with Gasteiger partial charge in [0.2, 0.25) is 10.0 Å². The van der Waals surface area contributed by atoms with Gasteiger partial charge in [0.1, 0.15) is 17.1 Å². The maximum Gasteiger partial charge on any atom is 0.341 e. The lowest BCUT2D eigenvalue weighted by Crippen LogP contribution is -2.36. The van der Waals surface area contributed by atoms with Gasteiger partial charge < -0.3 is 19.5 Å². The van der Waals surface area contributed by atoms with Crippen LogP contribution in [0.4, 0.5) is 5.69 Å². The zero-order chi connectivity index (χ0) is 24.0. The van der Waals surface area contributed by atoms with Gasteiger partial charge in [-0.3, -0.25) is 4.79 Å². The van der Waals surface area contributed by atoms with Crippen LogP contribution < -0.4 is 14.8 Å². The third kappa shape index (κ3) is 5.82. The number of piperidine rings is 1. The molecule has 0 saturated carbocycles. The molecule has 0 aromatic heterocycles. The predicted octanol–water partition coefficient (Wildman–Crippen LogP) is 2.98. The quantitative estimate of drug-likeness (QED) is 0.583. The van der Waals surface area contributed by atoms with Gasteiger partial charge in [-0.1, -0.05) is 12.5 Å². The fraction of sp³-hybridized carbons (Fsp3) is 0.391. The molecule has 0 aliphatic carbocycles. The van der Waals surface area contributed by atoms with E-state index in [9.17, 15) is 18.0 Å². The van der Waals surface area contributed by atoms with Gasteiger partial charge in [-0.15, -0.1) is 0 Å². The normalized spacial score (nSPS) is 14.4. The number of benzene rings is 2. The molecule has 0 spiro atoms. The summed E-state index contributed by atoms with van der Waals surface area (Å²) >= 11 is 0. The highest BCUT2D eigenvalue weighted by atomic mass is 32.2. The Labute approximate surface area is 193 Å². The van der Waals surface area contributed by atoms with Crippen molar-refractivity contribution in [3.8, 4) is 11.5 Å². The third-order valence-corrected chi connectivity index (χ3v) is 7.40. The summed E-state index contributed by atoms with van der Waals surface area (Å²) in [5.74, 6) is -0.546. The Morgan fingerprint density at radius 3 is 2.42 bits per heavy atom. The smallest absolute Gasteiger partial charge is 0.341 e. The van der Waals surface area contributed by atoms with Crippen LogP contribution in [0, 0.1) is 6.92 Å². The molecule has 1 heterocycles. The first-order valence-corrected chi connectivity index (χ1v) is 12.0. The molecule has 1 saturated heterocycles. The standard InChI is InChI=1S/C23H28N2O7S/c1-16-7-8-17(13-21(16)33(28,29)25-11-5-4-6-12-25)24-22(26)15-32-20-14-18(30-2)9-10-19(20)23(27)31-3/h7-10,13-14H,4-6,11-12,15H2,1-3H3,(H,24,26). The van der Waals surface area contributed by atoms with E-state index in [1.54, 1.807) is 25.1 Å². The lowest BCUT2D eigenvalue weighted by Gasteiger charge is -2.26. The molecule has 1 amide bonds. The van der Waals surface area contributed by atoms with Crippen molar-refractivity contribution in [3.05, 3.63) is 47.5 Å². The number of methoxy groups -OCH3 is 2. The van der Waals surface area contributed by atoms with Gasteiger partial charge in [0.25, 0.3) is 5.91 Å². The highest BCUT2D eigenvalue weighted by Gasteiger charge is 2.27. The largest absolute Gasteiger partial charge is 0.497 e. The highest BCUT2D eigenvalue weighted by Crippen LogP contribution is 2.27. The molecule has 1 aliphatic heterocycles. The molecule has 2 aromatic rings. The van der Waals surface area contributed by atoms with Crippen molar-refractivity contribution in [2.45, 2.75) is 31.1 Å². The molecule has 0 bridgehead atoms. The molecule has 1 fully saturated rings. The van der Waals surface area contributed by atoms with E-state index in [4.69, 9.17) is 14.2 Å². The van der Waals surface area contributed by atoms with Crippen molar-refractivity contribution in [3.63, 3.8) is 0 Å². The van der Waals surface area contributed by atoms with Crippen LogP contribution in [-0.2, 0) is 19.6 Å². The Bertz CT molecular complexity index is 1130. The molecule has 9 nitrogen and oxygen atoms in total. The number of anilines is 1. The van der Waals surface area contributed by atoms with E-state index in [1.807, 2.05) is 0 Å². The van der Waals surface area contributed by atoms with E-state index < -0.39 is 28.5 Å². The van der Waals surface area contributed by atoms with Crippen molar-refractivity contribution in [1.29, 1.82) is 0 Å². The van der Waals surface area contributed by atoms with Crippen LogP contribution in [0.1, 0.15) is 35.2 Å². The molecule has 2 aromatic carbocycles. The summed E-state index contributed by atoms with van der Waals surface area (Å²) in [4.78, 5) is 24.6. The Morgan fingerprint density at radius 1 is 1.03 bits per heavy atom. The average Bonchev–Trinajstić information content (AvgIpc) is 2.83. The van der Waals surface area contributed by atoms with Crippen LogP contribution in [-0.4, -0.2) is 58.5 Å². The summed E-state index contributed by atoms with van der Waals surface area (Å²) in [5, 5.41) is 2.65. The van der Waals surface area contributed by atoms with Crippen LogP contribution in [0.3, 0.4) is 0 Å². The number of hydrogen-bond donors (Lipinski definition) is 1. The second-order valence-electron chi connectivity index (χ2n) is 7.64. The van der Waals surface area contributed by atoms with Crippen LogP contribution in [0.5, 0.6) is 11.5 Å². The van der Waals surface area contributed by atoms with E-state index >= 15 is 0 Å². The molecule has 1 N–H and O–H groups in total. The first kappa shape index (κ1) is 24.5. The van der Waals surface area contributed by atoms with E-state index in [0.29, 0.717) is 30.1 Å². The highest BCUT2D eigenvalue weighted by molar-refractivity contribution is 7.89. The topological polar surface area (TPSA) is 111 Å². The van der Waals surface area contributed by atoms with Gasteiger partial charge in [0.15, 0.2) is 6.61 Å². The molecular weight excluding hydrogens is 448 g/mol. The molecule has 0 radical (unpaired) electrons. The molecule has 178 valence electrons. The van der Waals surface area contributed by atoms with Crippen molar-refractivity contribution >= 4 is 27.6 Å². The lowest BCUT2D eigenvalue weighted by atomic mass is 10.2. The van der Waals surface area contributed by atoms with E-state index in [1.165, 1.54) is 36.7 Å². The van der Waals surface area contributed by atoms with Gasteiger partial charge in [0, 0.05) is 24.8 Å². The van der Waals surface area contributed by atoms with Gasteiger partial charge in [-0.05, 0) is 49.6 Å². The lowest BCUT2D eigenvalue weighted by molar-refractivity contribution is -0.118. The number of carbonyl (C=O) groups is 2. The first-order chi connectivity index (χ1) is 15.8. The van der Waals surface area contributed by atoms with E-state index in [2.05, 4.69) is 5.32 Å². The Kier molecular flexibility index (Phi) is 7.93. The minimum Gasteiger partial charge on any atom is -0.497 e. The maximum absolute atomic E-state index is 13.1. The van der Waals surface area contributed by atoms with E-state index in [-0.39, 0.29) is 16.2 Å². The first-order valence-electron chi connectivity index (χ1n) is 10.6. The Morgan fingerprint density at radius 2 is 1.76 bits per heavy atom. The summed E-state index contributed by atoms with van der Waals surface area (Å²) in [6, 6.07) is 9.29. The second-order valence-corrected chi connectivity index (χ2v) is 9.54. The van der Waals surface area contributed by atoms with Gasteiger partial charge in [-0.25, -0.2) is 13.2 Å². The molecular formula is C23H28N2O7S. The SMILES string of the molecule is COC(=O)c1ccc(OC)cc1OCC(=O)Nc1ccc(C)c(S(=O)(=O)N2CCCCC2)c1. The zero-order valence-electron chi connectivity index (χ0n) is 18.9. The molecule has 10 heteroatoms. The Balaban J connectivity index is 1.73. The monoisotopic (exact) mass is 476 g/mol. The number of carbonyl (C=O) groups excluding carboxylic acids is 2. The number of nitrogens with one attached hydrogen (secondary N) is 1. The number of nitrogens with zero attached hydrogens (tertiary/aromatic N) is 1. The predicted molar refractivity (Wildman–Crippen MR) is 122 cm³/mol. The molecule has 3 rings (SSSR count). The minimum atomic E-state index is -3.65. The van der Waals surface area contributed by atoms with Gasteiger partial charge in [0.05, 0.1) is 19.1 Å². The average molecular weight is 477 g/mol. The van der Waals surface area contributed by atoms with Crippen LogP contribution in [0.15, 0.2) is 41.3 Å². The number of rotatable bonds is 8.